The first kappa shape index (κ1) is 14.0. The third kappa shape index (κ3) is 4.03. The van der Waals surface area contributed by atoms with Gasteiger partial charge in [-0.2, -0.15) is 0 Å². The van der Waals surface area contributed by atoms with Crippen LogP contribution in [0.3, 0.4) is 0 Å². The Bertz CT molecular complexity index is 589. The summed E-state index contributed by atoms with van der Waals surface area (Å²) in [6.07, 6.45) is 7.53. The Kier molecular flexibility index (Phi) is 4.63. The maximum Gasteiger partial charge on any atom is 0.240 e. The van der Waals surface area contributed by atoms with E-state index in [2.05, 4.69) is 10.3 Å². The molecule has 0 aliphatic carbocycles. The summed E-state index contributed by atoms with van der Waals surface area (Å²) in [5, 5.41) is 2.75. The molecule has 1 aromatic carbocycles. The van der Waals surface area contributed by atoms with Crippen molar-refractivity contribution in [3.8, 4) is 0 Å². The average molecular weight is 267 g/mol. The van der Waals surface area contributed by atoms with Gasteiger partial charge in [-0.1, -0.05) is 24.3 Å². The van der Waals surface area contributed by atoms with Crippen LogP contribution in [-0.4, -0.2) is 16.9 Å². The highest BCUT2D eigenvalue weighted by molar-refractivity contribution is 5.94. The molecule has 3 N–H and O–H groups in total. The fourth-order valence-corrected chi connectivity index (χ4v) is 1.60. The van der Waals surface area contributed by atoms with Gasteiger partial charge < -0.3 is 11.1 Å². The molecule has 1 atom stereocenters. The molecule has 0 radical (unpaired) electrons. The van der Waals surface area contributed by atoms with E-state index >= 15 is 0 Å². The molecule has 0 bridgehead atoms. The first-order chi connectivity index (χ1) is 9.65. The first-order valence-electron chi connectivity index (χ1n) is 6.40. The van der Waals surface area contributed by atoms with Crippen molar-refractivity contribution in [3.63, 3.8) is 0 Å². The van der Waals surface area contributed by atoms with Crippen LogP contribution in [-0.2, 0) is 4.79 Å². The Hall–Kier alpha value is -2.46. The van der Waals surface area contributed by atoms with E-state index in [0.29, 0.717) is 0 Å². The van der Waals surface area contributed by atoms with E-state index in [1.165, 1.54) is 0 Å². The summed E-state index contributed by atoms with van der Waals surface area (Å²) in [5.74, 6) is -0.190. The zero-order valence-electron chi connectivity index (χ0n) is 11.3. The van der Waals surface area contributed by atoms with Crippen LogP contribution in [0.1, 0.15) is 18.1 Å². The van der Waals surface area contributed by atoms with E-state index in [1.807, 2.05) is 48.6 Å². The summed E-state index contributed by atoms with van der Waals surface area (Å²) in [7, 11) is 0. The van der Waals surface area contributed by atoms with Crippen LogP contribution in [0, 0.1) is 0 Å². The van der Waals surface area contributed by atoms with Crippen molar-refractivity contribution in [2.45, 2.75) is 13.0 Å². The molecule has 4 nitrogen and oxygen atoms in total. The molecule has 0 saturated carbocycles. The van der Waals surface area contributed by atoms with E-state index in [1.54, 1.807) is 19.3 Å². The van der Waals surface area contributed by atoms with Gasteiger partial charge >= 0.3 is 0 Å². The molecule has 0 unspecified atom stereocenters. The maximum absolute atomic E-state index is 11.5. The lowest BCUT2D eigenvalue weighted by Gasteiger charge is -2.07. The monoisotopic (exact) mass is 267 g/mol. The van der Waals surface area contributed by atoms with Crippen molar-refractivity contribution in [2.75, 3.05) is 5.32 Å². The Morgan fingerprint density at radius 3 is 2.20 bits per heavy atom. The van der Waals surface area contributed by atoms with Gasteiger partial charge in [0.2, 0.25) is 5.91 Å². The normalized spacial score (nSPS) is 12.3. The molecule has 0 saturated heterocycles. The van der Waals surface area contributed by atoms with E-state index < -0.39 is 6.04 Å². The number of carbonyl (C=O) groups excluding carboxylic acids is 1. The van der Waals surface area contributed by atoms with Gasteiger partial charge in [-0.15, -0.1) is 0 Å². The van der Waals surface area contributed by atoms with Gasteiger partial charge in [-0.05, 0) is 42.3 Å². The largest absolute Gasteiger partial charge is 0.325 e. The molecule has 102 valence electrons. The second kappa shape index (κ2) is 6.63. The number of amides is 1. The van der Waals surface area contributed by atoms with Gasteiger partial charge in [0.1, 0.15) is 0 Å². The molecule has 1 amide bonds. The van der Waals surface area contributed by atoms with Gasteiger partial charge in [0, 0.05) is 18.1 Å². The van der Waals surface area contributed by atoms with Crippen molar-refractivity contribution in [2.24, 2.45) is 5.73 Å². The van der Waals surface area contributed by atoms with Gasteiger partial charge in [-0.3, -0.25) is 9.78 Å². The summed E-state index contributed by atoms with van der Waals surface area (Å²) in [5.41, 5.74) is 8.39. The number of hydrogen-bond donors (Lipinski definition) is 2. The SMILES string of the molecule is C[C@H](N)C(=O)Nc1ccc(C=Cc2ccncc2)cc1. The molecule has 0 aliphatic heterocycles. The van der Waals surface area contributed by atoms with Crippen molar-refractivity contribution in [1.29, 1.82) is 0 Å². The average Bonchev–Trinajstić information content (AvgIpc) is 2.47. The number of benzene rings is 1. The molecular weight excluding hydrogens is 250 g/mol. The lowest BCUT2D eigenvalue weighted by Crippen LogP contribution is -2.32. The lowest BCUT2D eigenvalue weighted by atomic mass is 10.1. The van der Waals surface area contributed by atoms with Gasteiger partial charge in [-0.25, -0.2) is 0 Å². The zero-order valence-corrected chi connectivity index (χ0v) is 11.3. The van der Waals surface area contributed by atoms with Gasteiger partial charge in [0.15, 0.2) is 0 Å². The Balaban J connectivity index is 2.02. The molecule has 20 heavy (non-hydrogen) atoms. The molecule has 2 rings (SSSR count). The second-order valence-corrected chi connectivity index (χ2v) is 4.51. The smallest absolute Gasteiger partial charge is 0.240 e. The van der Waals surface area contributed by atoms with E-state index in [9.17, 15) is 4.79 Å². The van der Waals surface area contributed by atoms with E-state index in [0.717, 1.165) is 16.8 Å². The Labute approximate surface area is 118 Å². The van der Waals surface area contributed by atoms with Crippen molar-refractivity contribution in [1.82, 2.24) is 4.98 Å². The Morgan fingerprint density at radius 2 is 1.65 bits per heavy atom. The van der Waals surface area contributed by atoms with Crippen LogP contribution in [0.15, 0.2) is 48.8 Å². The molecule has 0 fully saturated rings. The molecule has 1 heterocycles. The number of nitrogens with one attached hydrogen (secondary N) is 1. The second-order valence-electron chi connectivity index (χ2n) is 4.51. The number of nitrogens with two attached hydrogens (primary N) is 1. The minimum Gasteiger partial charge on any atom is -0.325 e. The number of carbonyl (C=O) groups is 1. The van der Waals surface area contributed by atoms with Crippen molar-refractivity contribution in [3.05, 3.63) is 59.9 Å². The van der Waals surface area contributed by atoms with Crippen LogP contribution in [0.2, 0.25) is 0 Å². The van der Waals surface area contributed by atoms with Crippen LogP contribution in [0.25, 0.3) is 12.2 Å². The third-order valence-corrected chi connectivity index (χ3v) is 2.77. The third-order valence-electron chi connectivity index (χ3n) is 2.77. The number of anilines is 1. The zero-order chi connectivity index (χ0) is 14.4. The van der Waals surface area contributed by atoms with Gasteiger partial charge in [0.05, 0.1) is 6.04 Å². The fraction of sp³-hybridized carbons (Fsp3) is 0.125. The van der Waals surface area contributed by atoms with E-state index in [4.69, 9.17) is 5.73 Å². The van der Waals surface area contributed by atoms with Gasteiger partial charge in [0.25, 0.3) is 0 Å². The van der Waals surface area contributed by atoms with E-state index in [-0.39, 0.29) is 5.91 Å². The summed E-state index contributed by atoms with van der Waals surface area (Å²) < 4.78 is 0. The van der Waals surface area contributed by atoms with Crippen LogP contribution < -0.4 is 11.1 Å². The molecule has 1 aromatic heterocycles. The van der Waals surface area contributed by atoms with Crippen LogP contribution in [0.5, 0.6) is 0 Å². The number of aromatic nitrogens is 1. The number of nitrogens with zero attached hydrogens (tertiary/aromatic N) is 1. The quantitative estimate of drug-likeness (QED) is 0.894. The Morgan fingerprint density at radius 1 is 1.10 bits per heavy atom. The first-order valence-corrected chi connectivity index (χ1v) is 6.40. The molecule has 0 aliphatic rings. The predicted molar refractivity (Wildman–Crippen MR) is 81.9 cm³/mol. The number of rotatable bonds is 4. The number of pyridine rings is 1. The highest BCUT2D eigenvalue weighted by Gasteiger charge is 2.06. The van der Waals surface area contributed by atoms with Crippen molar-refractivity contribution < 1.29 is 4.79 Å². The summed E-state index contributed by atoms with van der Waals surface area (Å²) in [6, 6.07) is 10.9. The molecule has 2 aromatic rings. The van der Waals surface area contributed by atoms with Crippen LogP contribution in [0.4, 0.5) is 5.69 Å². The highest BCUT2D eigenvalue weighted by atomic mass is 16.2. The summed E-state index contributed by atoms with van der Waals surface area (Å²) in [4.78, 5) is 15.4. The maximum atomic E-state index is 11.5. The predicted octanol–water partition coefficient (Wildman–Crippen LogP) is 2.54. The van der Waals surface area contributed by atoms with Crippen molar-refractivity contribution >= 4 is 23.7 Å². The molecular formula is C16H17N3O. The molecule has 4 heteroatoms. The molecule has 0 spiro atoms. The van der Waals surface area contributed by atoms with Crippen LogP contribution >= 0.6 is 0 Å². The summed E-state index contributed by atoms with van der Waals surface area (Å²) in [6.45, 7) is 1.65. The minimum absolute atomic E-state index is 0.190. The topological polar surface area (TPSA) is 68.0 Å². The lowest BCUT2D eigenvalue weighted by molar-refractivity contribution is -0.117. The summed E-state index contributed by atoms with van der Waals surface area (Å²) >= 11 is 0. The standard InChI is InChI=1S/C16H17N3O/c1-12(17)16(20)19-15-6-4-13(5-7-15)2-3-14-8-10-18-11-9-14/h2-12H,17H2,1H3,(H,19,20)/t12-/m0/s1. The highest BCUT2D eigenvalue weighted by Crippen LogP contribution is 2.12. The minimum atomic E-state index is -0.513. The fourth-order valence-electron chi connectivity index (χ4n) is 1.60. The number of hydrogen-bond acceptors (Lipinski definition) is 3.